The molecule has 5 aliphatic rings. The van der Waals surface area contributed by atoms with Gasteiger partial charge in [0.1, 0.15) is 5.78 Å². The van der Waals surface area contributed by atoms with Crippen molar-refractivity contribution in [2.24, 2.45) is 34.0 Å². The number of hydrogen-bond donors (Lipinski definition) is 2. The fraction of sp³-hybridized carbons (Fsp3) is 0.957. The van der Waals surface area contributed by atoms with E-state index in [-0.39, 0.29) is 17.1 Å². The molecule has 0 aromatic rings. The van der Waals surface area contributed by atoms with E-state index in [1.165, 1.54) is 25.7 Å². The minimum atomic E-state index is -0.103. The second kappa shape index (κ2) is 5.14. The molecule has 0 spiro atoms. The third-order valence-corrected chi connectivity index (χ3v) is 9.66. The van der Waals surface area contributed by atoms with Gasteiger partial charge in [-0.3, -0.25) is 4.79 Å². The van der Waals surface area contributed by atoms with E-state index in [0.717, 1.165) is 38.0 Å². The van der Waals surface area contributed by atoms with Crippen LogP contribution in [-0.2, 0) is 4.79 Å². The van der Waals surface area contributed by atoms with Crippen LogP contribution in [0.25, 0.3) is 0 Å². The Balaban J connectivity index is 1.52. The summed E-state index contributed by atoms with van der Waals surface area (Å²) in [4.78, 5) is 12.7. The Kier molecular flexibility index (Phi) is 3.49. The highest BCUT2D eigenvalue weighted by Crippen LogP contribution is 2.82. The number of Topliss-reactive ketones (excluding diaryl/α,β-unsaturated/α-hetero) is 1. The number of carbonyl (C=O) groups excluding carboxylic acids is 1. The zero-order chi connectivity index (χ0) is 18.5. The molecule has 0 heterocycles. The van der Waals surface area contributed by atoms with Gasteiger partial charge in [0.15, 0.2) is 0 Å². The first-order valence-corrected chi connectivity index (χ1v) is 11.1. The van der Waals surface area contributed by atoms with Crippen LogP contribution in [0.3, 0.4) is 0 Å². The molecule has 0 amide bonds. The topological polar surface area (TPSA) is 49.3 Å². The largest absolute Gasteiger partial charge is 0.393 e. The van der Waals surface area contributed by atoms with Gasteiger partial charge < -0.3 is 10.4 Å². The molecule has 0 radical (unpaired) electrons. The minimum absolute atomic E-state index is 0.0346. The number of aliphatic hydroxyl groups is 1. The highest BCUT2D eigenvalue weighted by atomic mass is 16.3. The van der Waals surface area contributed by atoms with Gasteiger partial charge in [0, 0.05) is 23.4 Å². The van der Waals surface area contributed by atoms with Crippen LogP contribution in [0.4, 0.5) is 0 Å². The average Bonchev–Trinajstić information content (AvgIpc) is 3.14. The van der Waals surface area contributed by atoms with E-state index in [1.54, 1.807) is 0 Å². The first kappa shape index (κ1) is 17.7. The van der Waals surface area contributed by atoms with E-state index in [2.05, 4.69) is 33.0 Å². The lowest BCUT2D eigenvalue weighted by atomic mass is 9.49. The van der Waals surface area contributed by atoms with Crippen LogP contribution in [0.15, 0.2) is 0 Å². The average molecular weight is 360 g/mol. The molecule has 0 aromatic carbocycles. The molecule has 0 aromatic heterocycles. The summed E-state index contributed by atoms with van der Waals surface area (Å²) in [6.07, 6.45) is 9.98. The number of ketones is 1. The molecule has 146 valence electrons. The predicted molar refractivity (Wildman–Crippen MR) is 103 cm³/mol. The quantitative estimate of drug-likeness (QED) is 0.742. The molecule has 26 heavy (non-hydrogen) atoms. The summed E-state index contributed by atoms with van der Waals surface area (Å²) >= 11 is 0. The Hall–Kier alpha value is -0.410. The van der Waals surface area contributed by atoms with Crippen LogP contribution in [0.5, 0.6) is 0 Å². The molecule has 3 heteroatoms. The number of carbonyl (C=O) groups is 1. The highest BCUT2D eigenvalue weighted by molar-refractivity contribution is 5.87. The summed E-state index contributed by atoms with van der Waals surface area (Å²) in [7, 11) is 0. The molecule has 0 aliphatic heterocycles. The van der Waals surface area contributed by atoms with Crippen molar-refractivity contribution in [2.75, 3.05) is 0 Å². The monoisotopic (exact) mass is 359 g/mol. The zero-order valence-electron chi connectivity index (χ0n) is 17.1. The molecule has 5 rings (SSSR count). The molecular formula is C23H37NO2. The van der Waals surface area contributed by atoms with Gasteiger partial charge >= 0.3 is 0 Å². The summed E-state index contributed by atoms with van der Waals surface area (Å²) in [6.45, 7) is 9.13. The second-order valence-electron chi connectivity index (χ2n) is 11.9. The maximum atomic E-state index is 12.7. The van der Waals surface area contributed by atoms with E-state index < -0.39 is 0 Å². The highest BCUT2D eigenvalue weighted by Gasteiger charge is 2.78. The molecular weight excluding hydrogens is 322 g/mol. The van der Waals surface area contributed by atoms with Crippen LogP contribution in [-0.4, -0.2) is 28.6 Å². The number of rotatable bonds is 1. The van der Waals surface area contributed by atoms with Gasteiger partial charge in [-0.2, -0.15) is 0 Å². The first-order chi connectivity index (χ1) is 12.1. The minimum Gasteiger partial charge on any atom is -0.393 e. The van der Waals surface area contributed by atoms with Crippen molar-refractivity contribution in [3.63, 3.8) is 0 Å². The van der Waals surface area contributed by atoms with Gasteiger partial charge in [-0.1, -0.05) is 6.92 Å². The van der Waals surface area contributed by atoms with Gasteiger partial charge in [0.05, 0.1) is 6.10 Å². The Morgan fingerprint density at radius 1 is 1.08 bits per heavy atom. The number of nitrogens with one attached hydrogen (secondary N) is 1. The van der Waals surface area contributed by atoms with E-state index in [9.17, 15) is 9.90 Å². The summed E-state index contributed by atoms with van der Waals surface area (Å²) in [5, 5.41) is 14.5. The van der Waals surface area contributed by atoms with Gasteiger partial charge in [-0.05, 0) is 101 Å². The van der Waals surface area contributed by atoms with Crippen LogP contribution in [0.1, 0.15) is 85.5 Å². The van der Waals surface area contributed by atoms with Crippen molar-refractivity contribution in [1.82, 2.24) is 5.32 Å². The van der Waals surface area contributed by atoms with Gasteiger partial charge in [-0.15, -0.1) is 0 Å². The molecule has 5 saturated carbocycles. The smallest absolute Gasteiger partial charge is 0.139 e. The van der Waals surface area contributed by atoms with Crippen LogP contribution < -0.4 is 5.32 Å². The van der Waals surface area contributed by atoms with Crippen molar-refractivity contribution in [1.29, 1.82) is 0 Å². The van der Waals surface area contributed by atoms with E-state index in [0.29, 0.717) is 34.5 Å². The van der Waals surface area contributed by atoms with E-state index in [1.807, 2.05) is 0 Å². The lowest BCUT2D eigenvalue weighted by Crippen LogP contribution is -2.59. The molecule has 2 N–H and O–H groups in total. The molecule has 1 unspecified atom stereocenters. The molecule has 0 saturated heterocycles. The molecule has 5 fully saturated rings. The van der Waals surface area contributed by atoms with E-state index >= 15 is 0 Å². The summed E-state index contributed by atoms with van der Waals surface area (Å²) in [6, 6.07) is 0.511. The number of fused-ring (bicyclic) bond motifs is 3. The third-order valence-electron chi connectivity index (χ3n) is 9.66. The Morgan fingerprint density at radius 3 is 2.58 bits per heavy atom. The predicted octanol–water partition coefficient (Wildman–Crippen LogP) is 4.08. The Bertz CT molecular complexity index is 639. The standard InChI is InChI=1S/C23H37NO2/c1-20(2,3)24-18-11-15-16-5-6-19(26)21(16,4)9-8-17(15)22-10-7-14(25)12-23(18,22)13-22/h14-18,24-25H,5-13H2,1-4H3/t14-,15-,16-,17-,18?,21-,22-,23+/m0/s1. The summed E-state index contributed by atoms with van der Waals surface area (Å²) < 4.78 is 0. The van der Waals surface area contributed by atoms with Crippen molar-refractivity contribution >= 4 is 5.78 Å². The summed E-state index contributed by atoms with van der Waals surface area (Å²) in [5.74, 6) is 2.67. The Morgan fingerprint density at radius 2 is 1.85 bits per heavy atom. The second-order valence-corrected chi connectivity index (χ2v) is 11.9. The third kappa shape index (κ3) is 2.11. The van der Waals surface area contributed by atoms with Crippen molar-refractivity contribution in [3.05, 3.63) is 0 Å². The Labute approximate surface area is 158 Å². The maximum absolute atomic E-state index is 12.7. The SMILES string of the molecule is CC(C)(C)NC1C[C@@H]2[C@H](CC[C@]3(C)C(=O)CC[C@@H]23)[C@@]23CC[C@H](O)C[C@@]12C3. The van der Waals surface area contributed by atoms with Crippen molar-refractivity contribution in [3.8, 4) is 0 Å². The normalized spacial score (nSPS) is 55.6. The van der Waals surface area contributed by atoms with Crippen molar-refractivity contribution < 1.29 is 9.90 Å². The molecule has 5 aliphatic carbocycles. The molecule has 3 nitrogen and oxygen atoms in total. The van der Waals surface area contributed by atoms with Crippen LogP contribution in [0.2, 0.25) is 0 Å². The first-order valence-electron chi connectivity index (χ1n) is 11.1. The van der Waals surface area contributed by atoms with Crippen molar-refractivity contribution in [2.45, 2.75) is 103 Å². The molecule has 0 bridgehead atoms. The molecule has 8 atom stereocenters. The lowest BCUT2D eigenvalue weighted by Gasteiger charge is -2.57. The number of aliphatic hydroxyl groups excluding tert-OH is 1. The van der Waals surface area contributed by atoms with E-state index in [4.69, 9.17) is 0 Å². The van der Waals surface area contributed by atoms with Crippen LogP contribution >= 0.6 is 0 Å². The van der Waals surface area contributed by atoms with Gasteiger partial charge in [0.25, 0.3) is 0 Å². The fourth-order valence-corrected chi connectivity index (χ4v) is 8.67. The van der Waals surface area contributed by atoms with Gasteiger partial charge in [-0.25, -0.2) is 0 Å². The number of hydrogen-bond acceptors (Lipinski definition) is 3. The lowest BCUT2D eigenvalue weighted by molar-refractivity contribution is -0.135. The maximum Gasteiger partial charge on any atom is 0.139 e. The zero-order valence-corrected chi connectivity index (χ0v) is 17.1. The van der Waals surface area contributed by atoms with Crippen LogP contribution in [0, 0.1) is 34.0 Å². The fourth-order valence-electron chi connectivity index (χ4n) is 8.67. The van der Waals surface area contributed by atoms with Gasteiger partial charge in [0.2, 0.25) is 0 Å². The summed E-state index contributed by atoms with van der Waals surface area (Å²) in [5.41, 5.74) is 0.861.